The predicted octanol–water partition coefficient (Wildman–Crippen LogP) is 3.22. The third-order valence-electron chi connectivity index (χ3n) is 4.17. The van der Waals surface area contributed by atoms with Crippen molar-refractivity contribution in [2.45, 2.75) is 32.1 Å². The van der Waals surface area contributed by atoms with Gasteiger partial charge in [-0.1, -0.05) is 12.1 Å². The van der Waals surface area contributed by atoms with Gasteiger partial charge in [0.25, 0.3) is 5.89 Å². The van der Waals surface area contributed by atoms with Gasteiger partial charge in [-0.15, -0.1) is 0 Å². The van der Waals surface area contributed by atoms with Crippen molar-refractivity contribution in [1.82, 2.24) is 10.1 Å². The summed E-state index contributed by atoms with van der Waals surface area (Å²) in [5.41, 5.74) is 3.63. The first-order chi connectivity index (χ1) is 9.31. The Kier molecular flexibility index (Phi) is 2.37. The maximum atomic E-state index is 5.41. The minimum Gasteiger partial charge on any atom is -0.385 e. The Hall–Kier alpha value is -1.84. The Morgan fingerprint density at radius 1 is 1.37 bits per heavy atom. The zero-order valence-corrected chi connectivity index (χ0v) is 11.0. The topological polar surface area (TPSA) is 51.0 Å². The van der Waals surface area contributed by atoms with E-state index in [1.165, 1.54) is 24.1 Å². The molecule has 4 rings (SSSR count). The fraction of sp³-hybridized carbons (Fsp3) is 0.467. The average molecular weight is 255 g/mol. The molecule has 98 valence electrons. The van der Waals surface area contributed by atoms with E-state index in [1.54, 1.807) is 0 Å². The summed E-state index contributed by atoms with van der Waals surface area (Å²) in [7, 11) is 0. The highest BCUT2D eigenvalue weighted by Gasteiger charge is 2.38. The molecular formula is C15H17N3O. The first kappa shape index (κ1) is 11.0. The molecule has 1 aliphatic carbocycles. The lowest BCUT2D eigenvalue weighted by atomic mass is 10.0. The highest BCUT2D eigenvalue weighted by molar-refractivity contribution is 5.63. The lowest BCUT2D eigenvalue weighted by molar-refractivity contribution is 0.422. The molecule has 2 aromatic rings. The van der Waals surface area contributed by atoms with Crippen LogP contribution < -0.4 is 5.32 Å². The van der Waals surface area contributed by atoms with Gasteiger partial charge in [-0.2, -0.15) is 4.98 Å². The van der Waals surface area contributed by atoms with E-state index in [0.29, 0.717) is 17.7 Å². The third kappa shape index (κ3) is 1.91. The SMILES string of the molecule is CC1CC1c1noc(-c2ccc3c(c2)CCCN3)n1. The second-order valence-corrected chi connectivity index (χ2v) is 5.68. The molecule has 1 aromatic heterocycles. The monoisotopic (exact) mass is 255 g/mol. The van der Waals surface area contributed by atoms with Crippen LogP contribution >= 0.6 is 0 Å². The van der Waals surface area contributed by atoms with E-state index >= 15 is 0 Å². The fourth-order valence-corrected chi connectivity index (χ4v) is 2.79. The first-order valence-electron chi connectivity index (χ1n) is 7.02. The maximum absolute atomic E-state index is 5.41. The molecule has 19 heavy (non-hydrogen) atoms. The molecule has 0 bridgehead atoms. The van der Waals surface area contributed by atoms with Crippen molar-refractivity contribution in [3.63, 3.8) is 0 Å². The second kappa shape index (κ2) is 4.08. The summed E-state index contributed by atoms with van der Waals surface area (Å²) in [6, 6.07) is 6.35. The molecule has 1 aromatic carbocycles. The van der Waals surface area contributed by atoms with Gasteiger partial charge in [-0.05, 0) is 48.9 Å². The molecule has 0 saturated heterocycles. The van der Waals surface area contributed by atoms with Crippen molar-refractivity contribution in [2.24, 2.45) is 5.92 Å². The van der Waals surface area contributed by atoms with Crippen molar-refractivity contribution in [2.75, 3.05) is 11.9 Å². The van der Waals surface area contributed by atoms with Crippen molar-refractivity contribution in [3.05, 3.63) is 29.6 Å². The quantitative estimate of drug-likeness (QED) is 0.895. The number of nitrogens with one attached hydrogen (secondary N) is 1. The number of hydrogen-bond acceptors (Lipinski definition) is 4. The minimum atomic E-state index is 0.511. The van der Waals surface area contributed by atoms with Crippen molar-refractivity contribution < 1.29 is 4.52 Å². The van der Waals surface area contributed by atoms with Crippen LogP contribution in [0.15, 0.2) is 22.7 Å². The van der Waals surface area contributed by atoms with Gasteiger partial charge in [0.1, 0.15) is 0 Å². The van der Waals surface area contributed by atoms with E-state index in [4.69, 9.17) is 4.52 Å². The van der Waals surface area contributed by atoms with E-state index in [0.717, 1.165) is 24.4 Å². The van der Waals surface area contributed by atoms with Crippen LogP contribution in [0.2, 0.25) is 0 Å². The molecule has 2 aliphatic rings. The zero-order chi connectivity index (χ0) is 12.8. The van der Waals surface area contributed by atoms with Gasteiger partial charge >= 0.3 is 0 Å². The lowest BCUT2D eigenvalue weighted by Gasteiger charge is -2.17. The zero-order valence-electron chi connectivity index (χ0n) is 11.0. The van der Waals surface area contributed by atoms with E-state index in [2.05, 4.69) is 40.6 Å². The van der Waals surface area contributed by atoms with Crippen molar-refractivity contribution in [3.8, 4) is 11.5 Å². The molecule has 4 heteroatoms. The largest absolute Gasteiger partial charge is 0.385 e. The number of benzene rings is 1. The highest BCUT2D eigenvalue weighted by Crippen LogP contribution is 2.45. The predicted molar refractivity (Wildman–Crippen MR) is 73.1 cm³/mol. The van der Waals surface area contributed by atoms with Gasteiger partial charge in [0, 0.05) is 23.7 Å². The smallest absolute Gasteiger partial charge is 0.257 e. The lowest BCUT2D eigenvalue weighted by Crippen LogP contribution is -2.11. The summed E-state index contributed by atoms with van der Waals surface area (Å²) < 4.78 is 5.41. The minimum absolute atomic E-state index is 0.511. The molecule has 0 radical (unpaired) electrons. The Bertz CT molecular complexity index is 620. The molecule has 0 amide bonds. The molecular weight excluding hydrogens is 238 g/mol. The van der Waals surface area contributed by atoms with Crippen LogP contribution in [0.1, 0.15) is 37.1 Å². The van der Waals surface area contributed by atoms with Crippen LogP contribution in [0.25, 0.3) is 11.5 Å². The van der Waals surface area contributed by atoms with Crippen LogP contribution in [-0.2, 0) is 6.42 Å². The van der Waals surface area contributed by atoms with E-state index < -0.39 is 0 Å². The number of rotatable bonds is 2. The van der Waals surface area contributed by atoms with Gasteiger partial charge in [-0.3, -0.25) is 0 Å². The normalized spacial score (nSPS) is 24.7. The van der Waals surface area contributed by atoms with Crippen LogP contribution in [0.5, 0.6) is 0 Å². The van der Waals surface area contributed by atoms with Crippen LogP contribution in [0.4, 0.5) is 5.69 Å². The second-order valence-electron chi connectivity index (χ2n) is 5.68. The van der Waals surface area contributed by atoms with Crippen LogP contribution in [-0.4, -0.2) is 16.7 Å². The fourth-order valence-electron chi connectivity index (χ4n) is 2.79. The average Bonchev–Trinajstić information content (AvgIpc) is 3.00. The summed E-state index contributed by atoms with van der Waals surface area (Å²) in [5.74, 6) is 2.75. The van der Waals surface area contributed by atoms with Crippen LogP contribution in [0.3, 0.4) is 0 Å². The molecule has 1 saturated carbocycles. The van der Waals surface area contributed by atoms with Gasteiger partial charge in [0.05, 0.1) is 0 Å². The van der Waals surface area contributed by atoms with Crippen LogP contribution in [0, 0.1) is 5.92 Å². The van der Waals surface area contributed by atoms with E-state index in [1.807, 2.05) is 0 Å². The molecule has 4 nitrogen and oxygen atoms in total. The molecule has 2 atom stereocenters. The molecule has 1 aliphatic heterocycles. The summed E-state index contributed by atoms with van der Waals surface area (Å²) in [6.45, 7) is 3.29. The summed E-state index contributed by atoms with van der Waals surface area (Å²) >= 11 is 0. The summed E-state index contributed by atoms with van der Waals surface area (Å²) in [6.07, 6.45) is 3.50. The van der Waals surface area contributed by atoms with E-state index in [-0.39, 0.29) is 0 Å². The first-order valence-corrected chi connectivity index (χ1v) is 7.02. The Morgan fingerprint density at radius 2 is 2.26 bits per heavy atom. The van der Waals surface area contributed by atoms with Gasteiger partial charge in [0.2, 0.25) is 0 Å². The number of aromatic nitrogens is 2. The van der Waals surface area contributed by atoms with Crippen molar-refractivity contribution in [1.29, 1.82) is 0 Å². The van der Waals surface area contributed by atoms with Gasteiger partial charge in [-0.25, -0.2) is 0 Å². The molecule has 1 fully saturated rings. The molecule has 2 unspecified atom stereocenters. The Labute approximate surface area is 112 Å². The highest BCUT2D eigenvalue weighted by atomic mass is 16.5. The standard InChI is InChI=1S/C15H17N3O/c1-9-7-12(9)14-17-15(19-18-14)11-4-5-13-10(8-11)3-2-6-16-13/h4-5,8-9,12,16H,2-3,6-7H2,1H3. The van der Waals surface area contributed by atoms with Gasteiger partial charge in [0.15, 0.2) is 5.82 Å². The number of aryl methyl sites for hydroxylation is 1. The number of nitrogens with zero attached hydrogens (tertiary/aromatic N) is 2. The molecule has 1 N–H and O–H groups in total. The third-order valence-corrected chi connectivity index (χ3v) is 4.17. The summed E-state index contributed by atoms with van der Waals surface area (Å²) in [4.78, 5) is 4.54. The Morgan fingerprint density at radius 3 is 3.11 bits per heavy atom. The number of hydrogen-bond donors (Lipinski definition) is 1. The number of anilines is 1. The summed E-state index contributed by atoms with van der Waals surface area (Å²) in [5, 5.41) is 7.53. The van der Waals surface area contributed by atoms with E-state index in [9.17, 15) is 0 Å². The van der Waals surface area contributed by atoms with Gasteiger partial charge < -0.3 is 9.84 Å². The van der Waals surface area contributed by atoms with Crippen molar-refractivity contribution >= 4 is 5.69 Å². The molecule has 2 heterocycles. The molecule has 0 spiro atoms. The Balaban J connectivity index is 1.66. The maximum Gasteiger partial charge on any atom is 0.257 e. The number of fused-ring (bicyclic) bond motifs is 1.